The van der Waals surface area contributed by atoms with Crippen molar-refractivity contribution in [3.8, 4) is 11.5 Å². The zero-order chi connectivity index (χ0) is 12.8. The quantitative estimate of drug-likeness (QED) is 0.548. The van der Waals surface area contributed by atoms with Crippen LogP contribution in [0.3, 0.4) is 0 Å². The average Bonchev–Trinajstić information content (AvgIpc) is 2.28. The molecule has 0 fully saturated rings. The number of rotatable bonds is 4. The Hall–Kier alpha value is -2.24. The van der Waals surface area contributed by atoms with Crippen LogP contribution in [0.5, 0.6) is 11.5 Å². The van der Waals surface area contributed by atoms with Crippen LogP contribution in [0, 0.1) is 0 Å². The van der Waals surface area contributed by atoms with Crippen LogP contribution in [0.2, 0.25) is 0 Å². The lowest BCUT2D eigenvalue weighted by atomic mass is 10.2. The number of aromatic hydroxyl groups is 2. The van der Waals surface area contributed by atoms with E-state index < -0.39 is 0 Å². The summed E-state index contributed by atoms with van der Waals surface area (Å²) in [4.78, 5) is 21.8. The van der Waals surface area contributed by atoms with E-state index in [2.05, 4.69) is 10.6 Å². The second-order valence-electron chi connectivity index (χ2n) is 3.51. The third kappa shape index (κ3) is 4.42. The lowest BCUT2D eigenvalue weighted by Gasteiger charge is -2.06. The highest BCUT2D eigenvalue weighted by Crippen LogP contribution is 2.24. The van der Waals surface area contributed by atoms with Gasteiger partial charge in [0.1, 0.15) is 0 Å². The van der Waals surface area contributed by atoms with Crippen molar-refractivity contribution in [2.75, 3.05) is 6.54 Å². The van der Waals surface area contributed by atoms with Crippen molar-refractivity contribution >= 4 is 11.8 Å². The van der Waals surface area contributed by atoms with Gasteiger partial charge in [-0.25, -0.2) is 0 Å². The van der Waals surface area contributed by atoms with Crippen molar-refractivity contribution < 1.29 is 19.8 Å². The van der Waals surface area contributed by atoms with E-state index in [1.165, 1.54) is 19.1 Å². The molecule has 0 spiro atoms. The lowest BCUT2D eigenvalue weighted by Crippen LogP contribution is -2.35. The van der Waals surface area contributed by atoms with E-state index in [1.54, 1.807) is 6.07 Å². The molecule has 1 rings (SSSR count). The summed E-state index contributed by atoms with van der Waals surface area (Å²) >= 11 is 0. The van der Waals surface area contributed by atoms with E-state index in [4.69, 9.17) is 5.11 Å². The van der Waals surface area contributed by atoms with Gasteiger partial charge in [0, 0.05) is 13.5 Å². The van der Waals surface area contributed by atoms with Gasteiger partial charge < -0.3 is 20.8 Å². The summed E-state index contributed by atoms with van der Waals surface area (Å²) in [7, 11) is 0. The van der Waals surface area contributed by atoms with Gasteiger partial charge >= 0.3 is 0 Å². The molecule has 0 unspecified atom stereocenters. The third-order valence-electron chi connectivity index (χ3n) is 2.03. The van der Waals surface area contributed by atoms with E-state index in [0.29, 0.717) is 5.56 Å². The summed E-state index contributed by atoms with van der Waals surface area (Å²) in [5.41, 5.74) is 0.650. The first-order valence-corrected chi connectivity index (χ1v) is 5.01. The molecule has 1 aromatic carbocycles. The fourth-order valence-corrected chi connectivity index (χ4v) is 1.15. The molecule has 6 nitrogen and oxygen atoms in total. The minimum atomic E-state index is -0.326. The molecule has 0 aliphatic rings. The van der Waals surface area contributed by atoms with Crippen LogP contribution in [0.15, 0.2) is 18.2 Å². The van der Waals surface area contributed by atoms with Crippen LogP contribution in [0.4, 0.5) is 0 Å². The highest BCUT2D eigenvalue weighted by Gasteiger charge is 2.04. The van der Waals surface area contributed by atoms with E-state index >= 15 is 0 Å². The SMILES string of the molecule is CC(=O)NCC(=O)NCc1ccc(O)c(O)c1. The smallest absolute Gasteiger partial charge is 0.239 e. The van der Waals surface area contributed by atoms with Gasteiger partial charge in [0.15, 0.2) is 11.5 Å². The first-order valence-electron chi connectivity index (χ1n) is 5.01. The number of carbonyl (C=O) groups excluding carboxylic acids is 2. The molecule has 0 atom stereocenters. The Morgan fingerprint density at radius 3 is 2.47 bits per heavy atom. The maximum absolute atomic E-state index is 11.2. The topological polar surface area (TPSA) is 98.7 Å². The zero-order valence-electron chi connectivity index (χ0n) is 9.36. The molecule has 0 aliphatic carbocycles. The van der Waals surface area contributed by atoms with E-state index in [1.807, 2.05) is 0 Å². The molecule has 0 aliphatic heterocycles. The Kier molecular flexibility index (Phi) is 4.33. The molecule has 0 aromatic heterocycles. The summed E-state index contributed by atoms with van der Waals surface area (Å²) < 4.78 is 0. The summed E-state index contributed by atoms with van der Waals surface area (Å²) in [5, 5.41) is 23.2. The number of hydrogen-bond donors (Lipinski definition) is 4. The molecule has 1 aromatic rings. The fraction of sp³-hybridized carbons (Fsp3) is 0.273. The maximum Gasteiger partial charge on any atom is 0.239 e. The van der Waals surface area contributed by atoms with Crippen LogP contribution in [0.1, 0.15) is 12.5 Å². The monoisotopic (exact) mass is 238 g/mol. The van der Waals surface area contributed by atoms with Crippen LogP contribution >= 0.6 is 0 Å². The average molecular weight is 238 g/mol. The van der Waals surface area contributed by atoms with Gasteiger partial charge in [-0.15, -0.1) is 0 Å². The van der Waals surface area contributed by atoms with Crippen molar-refractivity contribution in [2.24, 2.45) is 0 Å². The fourth-order valence-electron chi connectivity index (χ4n) is 1.15. The largest absolute Gasteiger partial charge is 0.504 e. The minimum Gasteiger partial charge on any atom is -0.504 e. The third-order valence-corrected chi connectivity index (χ3v) is 2.03. The number of benzene rings is 1. The van der Waals surface area contributed by atoms with Crippen LogP contribution in [-0.2, 0) is 16.1 Å². The molecular formula is C11H14N2O4. The predicted octanol–water partition coefficient (Wildman–Crippen LogP) is -0.150. The summed E-state index contributed by atoms with van der Waals surface area (Å²) in [6.45, 7) is 1.46. The molecule has 0 radical (unpaired) electrons. The van der Waals surface area contributed by atoms with E-state index in [-0.39, 0.29) is 36.4 Å². The number of phenols is 2. The molecule has 17 heavy (non-hydrogen) atoms. The van der Waals surface area contributed by atoms with Crippen molar-refractivity contribution in [2.45, 2.75) is 13.5 Å². The van der Waals surface area contributed by atoms with Crippen molar-refractivity contribution in [1.82, 2.24) is 10.6 Å². The van der Waals surface area contributed by atoms with Gasteiger partial charge in [0.25, 0.3) is 0 Å². The summed E-state index contributed by atoms with van der Waals surface area (Å²) in [5.74, 6) is -1.05. The number of nitrogens with one attached hydrogen (secondary N) is 2. The van der Waals surface area contributed by atoms with Crippen LogP contribution in [0.25, 0.3) is 0 Å². The van der Waals surface area contributed by atoms with Gasteiger partial charge in [-0.3, -0.25) is 9.59 Å². The summed E-state index contributed by atoms with van der Waals surface area (Å²) in [6, 6.07) is 4.27. The maximum atomic E-state index is 11.2. The van der Waals surface area contributed by atoms with Crippen LogP contribution < -0.4 is 10.6 Å². The van der Waals surface area contributed by atoms with Gasteiger partial charge in [-0.1, -0.05) is 6.07 Å². The normalized spacial score (nSPS) is 9.71. The Balaban J connectivity index is 2.42. The Bertz CT molecular complexity index is 431. The second kappa shape index (κ2) is 5.74. The van der Waals surface area contributed by atoms with Gasteiger partial charge in [0.2, 0.25) is 11.8 Å². The Morgan fingerprint density at radius 1 is 1.18 bits per heavy atom. The standard InChI is InChI=1S/C11H14N2O4/c1-7(14)12-6-11(17)13-5-8-2-3-9(15)10(16)4-8/h2-4,15-16H,5-6H2,1H3,(H,12,14)(H,13,17). The van der Waals surface area contributed by atoms with E-state index in [9.17, 15) is 14.7 Å². The molecule has 2 amide bonds. The number of amides is 2. The number of phenolic OH excluding ortho intramolecular Hbond substituents is 2. The summed E-state index contributed by atoms with van der Waals surface area (Å²) in [6.07, 6.45) is 0. The minimum absolute atomic E-state index is 0.0839. The zero-order valence-corrected chi connectivity index (χ0v) is 9.36. The van der Waals surface area contributed by atoms with Gasteiger partial charge in [0.05, 0.1) is 6.54 Å². The Morgan fingerprint density at radius 2 is 1.88 bits per heavy atom. The molecular weight excluding hydrogens is 224 g/mol. The van der Waals surface area contributed by atoms with Crippen LogP contribution in [-0.4, -0.2) is 28.6 Å². The second-order valence-corrected chi connectivity index (χ2v) is 3.51. The van der Waals surface area contributed by atoms with Gasteiger partial charge in [-0.2, -0.15) is 0 Å². The Labute approximate surface area is 98.3 Å². The van der Waals surface area contributed by atoms with E-state index in [0.717, 1.165) is 0 Å². The molecule has 6 heteroatoms. The van der Waals surface area contributed by atoms with Crippen molar-refractivity contribution in [3.05, 3.63) is 23.8 Å². The molecule has 0 bridgehead atoms. The highest BCUT2D eigenvalue weighted by atomic mass is 16.3. The molecule has 0 saturated heterocycles. The molecule has 4 N–H and O–H groups in total. The van der Waals surface area contributed by atoms with Gasteiger partial charge in [-0.05, 0) is 17.7 Å². The van der Waals surface area contributed by atoms with Crippen molar-refractivity contribution in [3.63, 3.8) is 0 Å². The molecule has 0 heterocycles. The number of carbonyl (C=O) groups is 2. The lowest BCUT2D eigenvalue weighted by molar-refractivity contribution is -0.125. The first kappa shape index (κ1) is 12.8. The highest BCUT2D eigenvalue weighted by molar-refractivity contribution is 5.83. The number of hydrogen-bond acceptors (Lipinski definition) is 4. The van der Waals surface area contributed by atoms with Crippen molar-refractivity contribution in [1.29, 1.82) is 0 Å². The predicted molar refractivity (Wildman–Crippen MR) is 60.3 cm³/mol. The molecule has 0 saturated carbocycles. The first-order chi connectivity index (χ1) is 7.99. The molecule has 92 valence electrons.